The van der Waals surface area contributed by atoms with Crippen LogP contribution in [0, 0.1) is 0 Å². The molecule has 0 unspecified atom stereocenters. The molecule has 20 heavy (non-hydrogen) atoms. The van der Waals surface area contributed by atoms with Gasteiger partial charge in [0.25, 0.3) is 0 Å². The Hall–Kier alpha value is -2.39. The monoisotopic (exact) mass is 264 g/mol. The standard InChI is InChI=1S/C17H16N2O/c18-8-7-13-9-17(12-19-11-13)20-16-6-5-14-3-1-2-4-15(14)10-16/h1-6,9-12H,7-8,18H2. The Morgan fingerprint density at radius 3 is 2.60 bits per heavy atom. The van der Waals surface area contributed by atoms with Gasteiger partial charge in [0.15, 0.2) is 0 Å². The Balaban J connectivity index is 1.87. The van der Waals surface area contributed by atoms with Gasteiger partial charge in [0.1, 0.15) is 11.5 Å². The van der Waals surface area contributed by atoms with Gasteiger partial charge in [-0.15, -0.1) is 0 Å². The third-order valence-corrected chi connectivity index (χ3v) is 3.16. The number of hydrogen-bond donors (Lipinski definition) is 1. The molecule has 0 amide bonds. The molecule has 0 aliphatic rings. The first-order chi connectivity index (χ1) is 9.85. The second kappa shape index (κ2) is 5.72. The van der Waals surface area contributed by atoms with E-state index in [2.05, 4.69) is 23.2 Å². The second-order valence-electron chi connectivity index (χ2n) is 4.68. The zero-order valence-corrected chi connectivity index (χ0v) is 11.1. The molecule has 0 bridgehead atoms. The highest BCUT2D eigenvalue weighted by Crippen LogP contribution is 2.25. The third-order valence-electron chi connectivity index (χ3n) is 3.16. The molecule has 100 valence electrons. The van der Waals surface area contributed by atoms with Gasteiger partial charge in [-0.25, -0.2) is 0 Å². The highest BCUT2D eigenvalue weighted by molar-refractivity contribution is 5.83. The molecular weight excluding hydrogens is 248 g/mol. The summed E-state index contributed by atoms with van der Waals surface area (Å²) in [5, 5.41) is 2.37. The molecule has 0 aliphatic carbocycles. The number of pyridine rings is 1. The zero-order valence-electron chi connectivity index (χ0n) is 11.1. The number of fused-ring (bicyclic) bond motifs is 1. The Bertz CT molecular complexity index is 725. The minimum atomic E-state index is 0.612. The highest BCUT2D eigenvalue weighted by atomic mass is 16.5. The molecular formula is C17H16N2O. The largest absolute Gasteiger partial charge is 0.456 e. The molecule has 2 N–H and O–H groups in total. The lowest BCUT2D eigenvalue weighted by molar-refractivity contribution is 0.480. The van der Waals surface area contributed by atoms with Gasteiger partial charge >= 0.3 is 0 Å². The molecule has 1 aromatic heterocycles. The molecule has 0 atom stereocenters. The fourth-order valence-corrected chi connectivity index (χ4v) is 2.19. The quantitative estimate of drug-likeness (QED) is 0.784. The fraction of sp³-hybridized carbons (Fsp3) is 0.118. The van der Waals surface area contributed by atoms with E-state index in [1.165, 1.54) is 5.39 Å². The SMILES string of the molecule is NCCc1cncc(Oc2ccc3ccccc3c2)c1. The van der Waals surface area contributed by atoms with E-state index in [0.717, 1.165) is 28.9 Å². The van der Waals surface area contributed by atoms with Crippen molar-refractivity contribution in [3.8, 4) is 11.5 Å². The molecule has 0 saturated carbocycles. The van der Waals surface area contributed by atoms with Gasteiger partial charge in [-0.3, -0.25) is 4.98 Å². The van der Waals surface area contributed by atoms with Crippen molar-refractivity contribution in [3.63, 3.8) is 0 Å². The van der Waals surface area contributed by atoms with E-state index in [9.17, 15) is 0 Å². The summed E-state index contributed by atoms with van der Waals surface area (Å²) < 4.78 is 5.87. The van der Waals surface area contributed by atoms with Crippen LogP contribution in [0.3, 0.4) is 0 Å². The molecule has 2 aromatic carbocycles. The van der Waals surface area contributed by atoms with Crippen LogP contribution in [0.5, 0.6) is 11.5 Å². The average Bonchev–Trinajstić information content (AvgIpc) is 2.48. The summed E-state index contributed by atoms with van der Waals surface area (Å²) >= 11 is 0. The Kier molecular flexibility index (Phi) is 3.61. The number of nitrogens with two attached hydrogens (primary N) is 1. The van der Waals surface area contributed by atoms with Crippen LogP contribution in [-0.4, -0.2) is 11.5 Å². The smallest absolute Gasteiger partial charge is 0.145 e. The van der Waals surface area contributed by atoms with Crippen molar-refractivity contribution in [2.24, 2.45) is 5.73 Å². The van der Waals surface area contributed by atoms with E-state index in [0.29, 0.717) is 6.54 Å². The molecule has 3 heteroatoms. The summed E-state index contributed by atoms with van der Waals surface area (Å²) in [6.07, 6.45) is 4.34. The first kappa shape index (κ1) is 12.6. The summed E-state index contributed by atoms with van der Waals surface area (Å²) in [4.78, 5) is 4.18. The van der Waals surface area contributed by atoms with E-state index in [-0.39, 0.29) is 0 Å². The van der Waals surface area contributed by atoms with Crippen LogP contribution in [0.2, 0.25) is 0 Å². The highest BCUT2D eigenvalue weighted by Gasteiger charge is 2.01. The summed E-state index contributed by atoms with van der Waals surface area (Å²) in [7, 11) is 0. The normalized spacial score (nSPS) is 10.7. The van der Waals surface area contributed by atoms with Gasteiger partial charge in [0.2, 0.25) is 0 Å². The minimum Gasteiger partial charge on any atom is -0.456 e. The number of nitrogens with zero attached hydrogens (tertiary/aromatic N) is 1. The summed E-state index contributed by atoms with van der Waals surface area (Å²) in [5.74, 6) is 1.56. The van der Waals surface area contributed by atoms with E-state index < -0.39 is 0 Å². The zero-order chi connectivity index (χ0) is 13.8. The van der Waals surface area contributed by atoms with Crippen molar-refractivity contribution >= 4 is 10.8 Å². The predicted octanol–water partition coefficient (Wildman–Crippen LogP) is 3.53. The van der Waals surface area contributed by atoms with Crippen molar-refractivity contribution < 1.29 is 4.74 Å². The molecule has 0 aliphatic heterocycles. The third kappa shape index (κ3) is 2.78. The number of ether oxygens (including phenoxy) is 1. The van der Waals surface area contributed by atoms with Crippen LogP contribution in [0.4, 0.5) is 0 Å². The van der Waals surface area contributed by atoms with Gasteiger partial charge in [0, 0.05) is 6.20 Å². The molecule has 1 heterocycles. The van der Waals surface area contributed by atoms with Gasteiger partial charge in [0.05, 0.1) is 6.20 Å². The predicted molar refractivity (Wildman–Crippen MR) is 81.0 cm³/mol. The lowest BCUT2D eigenvalue weighted by atomic mass is 10.1. The summed E-state index contributed by atoms with van der Waals surface area (Å²) in [5.41, 5.74) is 6.65. The Labute approximate surface area is 118 Å². The van der Waals surface area contributed by atoms with Crippen molar-refractivity contribution in [2.75, 3.05) is 6.54 Å². The lowest BCUT2D eigenvalue weighted by Gasteiger charge is -2.08. The first-order valence-corrected chi connectivity index (χ1v) is 6.66. The number of hydrogen-bond acceptors (Lipinski definition) is 3. The van der Waals surface area contributed by atoms with Crippen LogP contribution >= 0.6 is 0 Å². The number of aromatic nitrogens is 1. The Morgan fingerprint density at radius 2 is 1.75 bits per heavy atom. The van der Waals surface area contributed by atoms with Gasteiger partial charge < -0.3 is 10.5 Å². The number of rotatable bonds is 4. The minimum absolute atomic E-state index is 0.612. The van der Waals surface area contributed by atoms with Crippen LogP contribution in [0.15, 0.2) is 60.9 Å². The van der Waals surface area contributed by atoms with E-state index in [4.69, 9.17) is 10.5 Å². The van der Waals surface area contributed by atoms with Crippen LogP contribution < -0.4 is 10.5 Å². The lowest BCUT2D eigenvalue weighted by Crippen LogP contribution is -2.03. The van der Waals surface area contributed by atoms with E-state index in [1.807, 2.05) is 36.5 Å². The van der Waals surface area contributed by atoms with E-state index in [1.54, 1.807) is 6.20 Å². The summed E-state index contributed by atoms with van der Waals surface area (Å²) in [6, 6.07) is 16.3. The maximum Gasteiger partial charge on any atom is 0.145 e. The maximum atomic E-state index is 5.87. The van der Waals surface area contributed by atoms with Gasteiger partial charge in [-0.2, -0.15) is 0 Å². The molecule has 0 radical (unpaired) electrons. The number of benzene rings is 2. The van der Waals surface area contributed by atoms with Crippen molar-refractivity contribution in [1.82, 2.24) is 4.98 Å². The second-order valence-corrected chi connectivity index (χ2v) is 4.68. The van der Waals surface area contributed by atoms with Crippen molar-refractivity contribution in [3.05, 3.63) is 66.5 Å². The Morgan fingerprint density at radius 1 is 0.900 bits per heavy atom. The van der Waals surface area contributed by atoms with E-state index >= 15 is 0 Å². The average molecular weight is 264 g/mol. The molecule has 0 spiro atoms. The molecule has 3 aromatic rings. The van der Waals surface area contributed by atoms with Crippen molar-refractivity contribution in [1.29, 1.82) is 0 Å². The topological polar surface area (TPSA) is 48.1 Å². The fourth-order valence-electron chi connectivity index (χ4n) is 2.19. The van der Waals surface area contributed by atoms with Crippen molar-refractivity contribution in [2.45, 2.75) is 6.42 Å². The van der Waals surface area contributed by atoms with Gasteiger partial charge in [-0.1, -0.05) is 30.3 Å². The van der Waals surface area contributed by atoms with Gasteiger partial charge in [-0.05, 0) is 47.5 Å². The van der Waals surface area contributed by atoms with Crippen LogP contribution in [-0.2, 0) is 6.42 Å². The molecule has 0 fully saturated rings. The molecule has 0 saturated heterocycles. The first-order valence-electron chi connectivity index (χ1n) is 6.66. The maximum absolute atomic E-state index is 5.87. The summed E-state index contributed by atoms with van der Waals surface area (Å²) in [6.45, 7) is 0.612. The molecule has 3 nitrogen and oxygen atoms in total. The van der Waals surface area contributed by atoms with Crippen LogP contribution in [0.25, 0.3) is 10.8 Å². The molecule has 3 rings (SSSR count). The van der Waals surface area contributed by atoms with Crippen LogP contribution in [0.1, 0.15) is 5.56 Å².